The standard InChI is InChI=1S/C20H21F6N5O/c21-19(22,23)13-32-17-11-27-10-16(29-17)30-6-3-18(4-7-30)5-8-31(12-18)14-1-2-15(28-9-14)20(24,25)26/h1-2,9-11H,3-8,12-13H2. The Morgan fingerprint density at radius 1 is 0.906 bits per heavy atom. The van der Waals surface area contributed by atoms with Crippen molar-refractivity contribution in [3.05, 3.63) is 36.4 Å². The first kappa shape index (κ1) is 22.4. The van der Waals surface area contributed by atoms with E-state index in [0.717, 1.165) is 38.1 Å². The monoisotopic (exact) mass is 461 g/mol. The minimum Gasteiger partial charge on any atom is -0.467 e. The molecular weight excluding hydrogens is 440 g/mol. The van der Waals surface area contributed by atoms with E-state index in [9.17, 15) is 26.3 Å². The summed E-state index contributed by atoms with van der Waals surface area (Å²) < 4.78 is 79.9. The van der Waals surface area contributed by atoms with Gasteiger partial charge in [0.25, 0.3) is 0 Å². The second-order valence-corrected chi connectivity index (χ2v) is 8.18. The maximum Gasteiger partial charge on any atom is 0.433 e. The highest BCUT2D eigenvalue weighted by Gasteiger charge is 2.41. The predicted molar refractivity (Wildman–Crippen MR) is 104 cm³/mol. The van der Waals surface area contributed by atoms with Crippen LogP contribution in [0.4, 0.5) is 37.8 Å². The highest BCUT2D eigenvalue weighted by Crippen LogP contribution is 2.42. The van der Waals surface area contributed by atoms with E-state index < -0.39 is 24.7 Å². The number of nitrogens with zero attached hydrogens (tertiary/aromatic N) is 5. The molecule has 174 valence electrons. The van der Waals surface area contributed by atoms with Crippen LogP contribution < -0.4 is 14.5 Å². The molecule has 2 aromatic rings. The first-order chi connectivity index (χ1) is 15.0. The summed E-state index contributed by atoms with van der Waals surface area (Å²) in [7, 11) is 0. The Morgan fingerprint density at radius 2 is 1.59 bits per heavy atom. The third-order valence-corrected chi connectivity index (χ3v) is 5.97. The van der Waals surface area contributed by atoms with E-state index in [1.54, 1.807) is 0 Å². The van der Waals surface area contributed by atoms with Gasteiger partial charge in [-0.2, -0.15) is 31.3 Å². The van der Waals surface area contributed by atoms with E-state index in [1.165, 1.54) is 18.5 Å². The topological polar surface area (TPSA) is 54.4 Å². The quantitative estimate of drug-likeness (QED) is 0.632. The van der Waals surface area contributed by atoms with Crippen molar-refractivity contribution in [2.45, 2.75) is 31.6 Å². The second-order valence-electron chi connectivity index (χ2n) is 8.18. The van der Waals surface area contributed by atoms with Gasteiger partial charge in [0.1, 0.15) is 5.69 Å². The molecule has 4 rings (SSSR count). The number of halogens is 6. The summed E-state index contributed by atoms with van der Waals surface area (Å²) in [6, 6.07) is 2.45. The van der Waals surface area contributed by atoms with Crippen molar-refractivity contribution in [2.24, 2.45) is 5.41 Å². The van der Waals surface area contributed by atoms with E-state index in [2.05, 4.69) is 19.7 Å². The zero-order valence-corrected chi connectivity index (χ0v) is 17.0. The third kappa shape index (κ3) is 5.16. The van der Waals surface area contributed by atoms with Crippen LogP contribution in [-0.2, 0) is 6.18 Å². The number of anilines is 2. The van der Waals surface area contributed by atoms with Gasteiger partial charge in [-0.1, -0.05) is 0 Å². The molecule has 2 fully saturated rings. The molecule has 1 spiro atoms. The van der Waals surface area contributed by atoms with Crippen LogP contribution in [0.15, 0.2) is 30.7 Å². The van der Waals surface area contributed by atoms with E-state index in [-0.39, 0.29) is 11.3 Å². The predicted octanol–water partition coefficient (Wildman–Crippen LogP) is 4.33. The van der Waals surface area contributed by atoms with Crippen LogP contribution in [0.2, 0.25) is 0 Å². The molecule has 0 aliphatic carbocycles. The summed E-state index contributed by atoms with van der Waals surface area (Å²) in [4.78, 5) is 15.6. The zero-order chi connectivity index (χ0) is 23.0. The fourth-order valence-corrected chi connectivity index (χ4v) is 4.23. The Bertz CT molecular complexity index is 925. The van der Waals surface area contributed by atoms with Gasteiger partial charge >= 0.3 is 12.4 Å². The van der Waals surface area contributed by atoms with Gasteiger partial charge in [0.2, 0.25) is 5.88 Å². The lowest BCUT2D eigenvalue weighted by atomic mass is 9.78. The minimum absolute atomic E-state index is 0.0248. The molecule has 12 heteroatoms. The van der Waals surface area contributed by atoms with Gasteiger partial charge in [0.05, 0.1) is 24.3 Å². The Kier molecular flexibility index (Phi) is 5.80. The van der Waals surface area contributed by atoms with Crippen LogP contribution in [0.5, 0.6) is 5.88 Å². The number of hydrogen-bond acceptors (Lipinski definition) is 6. The van der Waals surface area contributed by atoms with Crippen molar-refractivity contribution in [1.82, 2.24) is 15.0 Å². The average Bonchev–Trinajstić information content (AvgIpc) is 3.15. The number of piperidine rings is 1. The summed E-state index contributed by atoms with van der Waals surface area (Å²) in [5.41, 5.74) is -0.222. The number of ether oxygens (including phenoxy) is 1. The molecule has 0 atom stereocenters. The fourth-order valence-electron chi connectivity index (χ4n) is 4.23. The summed E-state index contributed by atoms with van der Waals surface area (Å²) in [6.45, 7) is 1.32. The van der Waals surface area contributed by atoms with Gasteiger partial charge < -0.3 is 14.5 Å². The molecule has 0 amide bonds. The Hall–Kier alpha value is -2.79. The van der Waals surface area contributed by atoms with Crippen LogP contribution >= 0.6 is 0 Å². The molecule has 6 nitrogen and oxygen atoms in total. The first-order valence-corrected chi connectivity index (χ1v) is 10.1. The summed E-state index contributed by atoms with van der Waals surface area (Å²) in [6.07, 6.45) is -2.45. The molecule has 0 N–H and O–H groups in total. The third-order valence-electron chi connectivity index (χ3n) is 5.97. The van der Waals surface area contributed by atoms with Crippen molar-refractivity contribution in [3.63, 3.8) is 0 Å². The highest BCUT2D eigenvalue weighted by atomic mass is 19.4. The van der Waals surface area contributed by atoms with Gasteiger partial charge in [-0.3, -0.25) is 4.98 Å². The molecule has 0 saturated carbocycles. The maximum atomic E-state index is 12.7. The van der Waals surface area contributed by atoms with Crippen molar-refractivity contribution < 1.29 is 31.1 Å². The van der Waals surface area contributed by atoms with E-state index in [0.29, 0.717) is 31.1 Å². The van der Waals surface area contributed by atoms with Gasteiger partial charge in [0, 0.05) is 26.2 Å². The molecule has 2 saturated heterocycles. The number of aromatic nitrogens is 3. The average molecular weight is 461 g/mol. The Morgan fingerprint density at radius 3 is 2.19 bits per heavy atom. The van der Waals surface area contributed by atoms with Crippen LogP contribution in [0.25, 0.3) is 0 Å². The minimum atomic E-state index is -4.46. The van der Waals surface area contributed by atoms with Crippen molar-refractivity contribution in [2.75, 3.05) is 42.6 Å². The first-order valence-electron chi connectivity index (χ1n) is 10.1. The van der Waals surface area contributed by atoms with E-state index >= 15 is 0 Å². The lowest BCUT2D eigenvalue weighted by Crippen LogP contribution is -2.42. The molecule has 0 aromatic carbocycles. The lowest BCUT2D eigenvalue weighted by molar-refractivity contribution is -0.154. The van der Waals surface area contributed by atoms with Crippen LogP contribution in [0.3, 0.4) is 0 Å². The van der Waals surface area contributed by atoms with Gasteiger partial charge in [-0.15, -0.1) is 0 Å². The number of hydrogen-bond donors (Lipinski definition) is 0. The van der Waals surface area contributed by atoms with Crippen LogP contribution in [-0.4, -0.2) is 53.9 Å². The Labute approximate surface area is 180 Å². The van der Waals surface area contributed by atoms with Gasteiger partial charge in [-0.05, 0) is 36.8 Å². The van der Waals surface area contributed by atoms with Crippen molar-refractivity contribution >= 4 is 11.5 Å². The van der Waals surface area contributed by atoms with Crippen LogP contribution in [0, 0.1) is 5.41 Å². The SMILES string of the molecule is FC(F)(F)COc1cncc(N2CCC3(CCN(c4ccc(C(F)(F)F)nc4)C3)CC2)n1. The lowest BCUT2D eigenvalue weighted by Gasteiger charge is -2.39. The number of pyridine rings is 1. The molecule has 0 radical (unpaired) electrons. The zero-order valence-electron chi connectivity index (χ0n) is 17.0. The smallest absolute Gasteiger partial charge is 0.433 e. The molecule has 4 heterocycles. The van der Waals surface area contributed by atoms with Crippen LogP contribution in [0.1, 0.15) is 25.0 Å². The van der Waals surface area contributed by atoms with Crippen molar-refractivity contribution in [1.29, 1.82) is 0 Å². The molecule has 0 bridgehead atoms. The molecule has 32 heavy (non-hydrogen) atoms. The van der Waals surface area contributed by atoms with Crippen molar-refractivity contribution in [3.8, 4) is 5.88 Å². The van der Waals surface area contributed by atoms with Gasteiger partial charge in [-0.25, -0.2) is 4.98 Å². The van der Waals surface area contributed by atoms with E-state index in [1.807, 2.05) is 9.80 Å². The largest absolute Gasteiger partial charge is 0.467 e. The summed E-state index contributed by atoms with van der Waals surface area (Å²) in [5, 5.41) is 0. The molecule has 2 aliphatic rings. The van der Waals surface area contributed by atoms with E-state index in [4.69, 9.17) is 0 Å². The summed E-state index contributed by atoms with van der Waals surface area (Å²) in [5.74, 6) is 0.281. The number of alkyl halides is 6. The fraction of sp³-hybridized carbons (Fsp3) is 0.550. The summed E-state index contributed by atoms with van der Waals surface area (Å²) >= 11 is 0. The normalized spacial score (nSPS) is 18.9. The molecule has 2 aromatic heterocycles. The molecular formula is C20H21F6N5O. The maximum absolute atomic E-state index is 12.7. The molecule has 0 unspecified atom stereocenters. The Balaban J connectivity index is 1.35. The number of rotatable bonds is 4. The highest BCUT2D eigenvalue weighted by molar-refractivity contribution is 5.47. The molecule has 2 aliphatic heterocycles. The van der Waals surface area contributed by atoms with Gasteiger partial charge in [0.15, 0.2) is 12.4 Å². The second kappa shape index (κ2) is 8.28.